The molecule has 0 radical (unpaired) electrons. The van der Waals surface area contributed by atoms with Gasteiger partial charge in [0, 0.05) is 31.7 Å². The van der Waals surface area contributed by atoms with Gasteiger partial charge in [0.2, 0.25) is 0 Å². The highest BCUT2D eigenvalue weighted by molar-refractivity contribution is 9.10. The van der Waals surface area contributed by atoms with Crippen LogP contribution in [0.25, 0.3) is 0 Å². The number of rotatable bonds is 3. The average molecular weight is 360 g/mol. The molecule has 0 fully saturated rings. The number of thiophene rings is 1. The van der Waals surface area contributed by atoms with Crippen LogP contribution >= 0.6 is 43.2 Å². The van der Waals surface area contributed by atoms with E-state index in [1.165, 1.54) is 11.3 Å². The number of carbonyl (C=O) groups is 1. The largest absolute Gasteiger partial charge is 0.294 e. The molecule has 0 aliphatic carbocycles. The van der Waals surface area contributed by atoms with Crippen LogP contribution in [0.5, 0.6) is 0 Å². The Hall–Kier alpha value is -0.450. The van der Waals surface area contributed by atoms with Gasteiger partial charge < -0.3 is 0 Å². The molecule has 0 saturated heterocycles. The van der Waals surface area contributed by atoms with Crippen LogP contribution in [0.3, 0.4) is 0 Å². The standard InChI is InChI=1S/C12H8Br2OS/c13-10-4-2-1-3-8(10)5-12(15)9-6-16-7-11(9)14/h1-4,6-7H,5H2. The van der Waals surface area contributed by atoms with Crippen molar-refractivity contribution in [2.24, 2.45) is 0 Å². The molecule has 0 atom stereocenters. The van der Waals surface area contributed by atoms with Gasteiger partial charge in [0.15, 0.2) is 5.78 Å². The topological polar surface area (TPSA) is 17.1 Å². The van der Waals surface area contributed by atoms with Gasteiger partial charge in [0.1, 0.15) is 0 Å². The molecule has 1 aromatic carbocycles. The molecule has 0 amide bonds. The summed E-state index contributed by atoms with van der Waals surface area (Å²) in [5.41, 5.74) is 1.78. The normalized spacial score (nSPS) is 10.4. The molecule has 16 heavy (non-hydrogen) atoms. The van der Waals surface area contributed by atoms with Crippen LogP contribution < -0.4 is 0 Å². The van der Waals surface area contributed by atoms with Crippen LogP contribution in [-0.2, 0) is 6.42 Å². The molecule has 1 heterocycles. The molecule has 0 N–H and O–H groups in total. The van der Waals surface area contributed by atoms with E-state index < -0.39 is 0 Å². The van der Waals surface area contributed by atoms with Crippen LogP contribution in [-0.4, -0.2) is 5.78 Å². The Morgan fingerprint density at radius 2 is 1.88 bits per heavy atom. The number of benzene rings is 1. The zero-order valence-electron chi connectivity index (χ0n) is 8.24. The fourth-order valence-corrected chi connectivity index (χ4v) is 3.34. The van der Waals surface area contributed by atoms with Crippen molar-refractivity contribution in [1.29, 1.82) is 0 Å². The summed E-state index contributed by atoms with van der Waals surface area (Å²) in [6.07, 6.45) is 0.427. The first-order valence-electron chi connectivity index (χ1n) is 4.67. The lowest BCUT2D eigenvalue weighted by atomic mass is 10.1. The lowest BCUT2D eigenvalue weighted by Gasteiger charge is -2.02. The van der Waals surface area contributed by atoms with Crippen molar-refractivity contribution in [2.45, 2.75) is 6.42 Å². The van der Waals surface area contributed by atoms with Crippen molar-refractivity contribution in [3.05, 3.63) is 55.1 Å². The van der Waals surface area contributed by atoms with Gasteiger partial charge in [-0.25, -0.2) is 0 Å². The van der Waals surface area contributed by atoms with Crippen LogP contribution in [0.1, 0.15) is 15.9 Å². The Labute approximate surface area is 115 Å². The fraction of sp³-hybridized carbons (Fsp3) is 0.0833. The van der Waals surface area contributed by atoms with E-state index in [1.807, 2.05) is 35.0 Å². The first-order chi connectivity index (χ1) is 7.68. The average Bonchev–Trinajstić information content (AvgIpc) is 2.68. The summed E-state index contributed by atoms with van der Waals surface area (Å²) in [7, 11) is 0. The fourth-order valence-electron chi connectivity index (χ4n) is 1.39. The first kappa shape index (κ1) is 12.0. The van der Waals surface area contributed by atoms with E-state index >= 15 is 0 Å². The third-order valence-electron chi connectivity index (χ3n) is 2.22. The zero-order chi connectivity index (χ0) is 11.5. The number of Topliss-reactive ketones (excluding diaryl/α,β-unsaturated/α-hetero) is 1. The van der Waals surface area contributed by atoms with E-state index in [1.54, 1.807) is 0 Å². The summed E-state index contributed by atoms with van der Waals surface area (Å²) in [5, 5.41) is 3.80. The Balaban J connectivity index is 2.21. The maximum Gasteiger partial charge on any atom is 0.169 e. The molecule has 0 aliphatic heterocycles. The molecule has 0 aliphatic rings. The zero-order valence-corrected chi connectivity index (χ0v) is 12.2. The molecular weight excluding hydrogens is 352 g/mol. The van der Waals surface area contributed by atoms with Gasteiger partial charge in [0.25, 0.3) is 0 Å². The highest BCUT2D eigenvalue weighted by Gasteiger charge is 2.12. The molecule has 2 aromatic rings. The van der Waals surface area contributed by atoms with Gasteiger partial charge in [-0.05, 0) is 27.6 Å². The van der Waals surface area contributed by atoms with Gasteiger partial charge >= 0.3 is 0 Å². The first-order valence-corrected chi connectivity index (χ1v) is 7.19. The Morgan fingerprint density at radius 1 is 1.12 bits per heavy atom. The predicted molar refractivity (Wildman–Crippen MR) is 74.2 cm³/mol. The molecule has 1 nitrogen and oxygen atoms in total. The minimum atomic E-state index is 0.139. The molecular formula is C12H8Br2OS. The third kappa shape index (κ3) is 2.62. The number of hydrogen-bond acceptors (Lipinski definition) is 2. The van der Waals surface area contributed by atoms with E-state index in [0.717, 1.165) is 20.1 Å². The van der Waals surface area contributed by atoms with Gasteiger partial charge in [0.05, 0.1) is 0 Å². The summed E-state index contributed by atoms with van der Waals surface area (Å²) in [5.74, 6) is 0.139. The SMILES string of the molecule is O=C(Cc1ccccc1Br)c1cscc1Br. The molecule has 82 valence electrons. The van der Waals surface area contributed by atoms with Gasteiger partial charge in [-0.3, -0.25) is 4.79 Å². The summed E-state index contributed by atoms with van der Waals surface area (Å²) >= 11 is 8.35. The lowest BCUT2D eigenvalue weighted by Crippen LogP contribution is -2.03. The predicted octanol–water partition coefficient (Wildman–Crippen LogP) is 4.70. The quantitative estimate of drug-likeness (QED) is 0.726. The highest BCUT2D eigenvalue weighted by atomic mass is 79.9. The van der Waals surface area contributed by atoms with Crippen LogP contribution in [0.4, 0.5) is 0 Å². The molecule has 0 unspecified atom stereocenters. The summed E-state index contributed by atoms with van der Waals surface area (Å²) in [4.78, 5) is 12.0. The van der Waals surface area contributed by atoms with Crippen molar-refractivity contribution in [1.82, 2.24) is 0 Å². The van der Waals surface area contributed by atoms with E-state index in [2.05, 4.69) is 31.9 Å². The highest BCUT2D eigenvalue weighted by Crippen LogP contribution is 2.24. The van der Waals surface area contributed by atoms with E-state index in [-0.39, 0.29) is 5.78 Å². The number of ketones is 1. The molecule has 0 bridgehead atoms. The summed E-state index contributed by atoms with van der Waals surface area (Å²) in [6.45, 7) is 0. The minimum absolute atomic E-state index is 0.139. The monoisotopic (exact) mass is 358 g/mol. The van der Waals surface area contributed by atoms with Crippen molar-refractivity contribution < 1.29 is 4.79 Å². The Kier molecular flexibility index (Phi) is 3.95. The van der Waals surface area contributed by atoms with Crippen molar-refractivity contribution in [2.75, 3.05) is 0 Å². The number of hydrogen-bond donors (Lipinski definition) is 0. The second-order valence-electron chi connectivity index (χ2n) is 3.32. The second kappa shape index (κ2) is 5.25. The van der Waals surface area contributed by atoms with Crippen LogP contribution in [0.2, 0.25) is 0 Å². The molecule has 4 heteroatoms. The third-order valence-corrected chi connectivity index (χ3v) is 4.70. The van der Waals surface area contributed by atoms with E-state index in [9.17, 15) is 4.79 Å². The van der Waals surface area contributed by atoms with E-state index in [4.69, 9.17) is 0 Å². The maximum atomic E-state index is 12.0. The Bertz CT molecular complexity index is 519. The number of carbonyl (C=O) groups excluding carboxylic acids is 1. The van der Waals surface area contributed by atoms with Crippen molar-refractivity contribution >= 4 is 49.0 Å². The molecule has 1 aromatic heterocycles. The molecule has 0 spiro atoms. The molecule has 2 rings (SSSR count). The minimum Gasteiger partial charge on any atom is -0.294 e. The number of halogens is 2. The summed E-state index contributed by atoms with van der Waals surface area (Å²) < 4.78 is 1.87. The Morgan fingerprint density at radius 3 is 2.50 bits per heavy atom. The van der Waals surface area contributed by atoms with Gasteiger partial charge in [-0.1, -0.05) is 34.1 Å². The smallest absolute Gasteiger partial charge is 0.169 e. The van der Waals surface area contributed by atoms with E-state index in [0.29, 0.717) is 6.42 Å². The summed E-state index contributed by atoms with van der Waals surface area (Å²) in [6, 6.07) is 7.79. The van der Waals surface area contributed by atoms with Crippen molar-refractivity contribution in [3.8, 4) is 0 Å². The van der Waals surface area contributed by atoms with Gasteiger partial charge in [-0.2, -0.15) is 11.3 Å². The van der Waals surface area contributed by atoms with Crippen LogP contribution in [0.15, 0.2) is 44.0 Å². The second-order valence-corrected chi connectivity index (χ2v) is 5.78. The van der Waals surface area contributed by atoms with Crippen molar-refractivity contribution in [3.63, 3.8) is 0 Å². The molecule has 0 saturated carbocycles. The maximum absolute atomic E-state index is 12.0. The van der Waals surface area contributed by atoms with Crippen LogP contribution in [0, 0.1) is 0 Å². The van der Waals surface area contributed by atoms with Gasteiger partial charge in [-0.15, -0.1) is 0 Å². The lowest BCUT2D eigenvalue weighted by molar-refractivity contribution is 0.0992.